The number of ether oxygens (including phenoxy) is 1. The van der Waals surface area contributed by atoms with Crippen molar-refractivity contribution in [1.82, 2.24) is 5.32 Å². The fraction of sp³-hybridized carbons (Fsp3) is 0.571. The summed E-state index contributed by atoms with van der Waals surface area (Å²) in [6.07, 6.45) is 3.47. The molecule has 0 radical (unpaired) electrons. The Morgan fingerprint density at radius 2 is 1.82 bits per heavy atom. The van der Waals surface area contributed by atoms with Crippen LogP contribution in [0.3, 0.4) is 0 Å². The highest BCUT2D eigenvalue weighted by Gasteiger charge is 1.93. The van der Waals surface area contributed by atoms with Gasteiger partial charge in [-0.1, -0.05) is 41.4 Å². The van der Waals surface area contributed by atoms with E-state index in [1.54, 1.807) is 0 Å². The molecule has 2 nitrogen and oxygen atoms in total. The van der Waals surface area contributed by atoms with E-state index in [9.17, 15) is 0 Å². The molecule has 0 aliphatic heterocycles. The third-order valence-corrected chi connectivity index (χ3v) is 3.06. The Balaban J connectivity index is 1.95. The van der Waals surface area contributed by atoms with Crippen LogP contribution < -0.4 is 5.32 Å². The van der Waals surface area contributed by atoms with Gasteiger partial charge in [0, 0.05) is 24.2 Å². The van der Waals surface area contributed by atoms with E-state index in [1.165, 1.54) is 18.4 Å². The summed E-state index contributed by atoms with van der Waals surface area (Å²) in [5.74, 6) is 0. The molecular weight excluding hydrogens is 278 g/mol. The lowest BCUT2D eigenvalue weighted by Crippen LogP contribution is -2.16. The van der Waals surface area contributed by atoms with Crippen molar-refractivity contribution in [1.29, 1.82) is 0 Å². The minimum atomic E-state index is 0.868. The van der Waals surface area contributed by atoms with E-state index in [-0.39, 0.29) is 0 Å². The molecule has 1 N–H and O–H groups in total. The molecule has 1 aromatic carbocycles. The molecule has 0 aromatic heterocycles. The van der Waals surface area contributed by atoms with Crippen molar-refractivity contribution < 1.29 is 4.74 Å². The van der Waals surface area contributed by atoms with Gasteiger partial charge in [-0.25, -0.2) is 0 Å². The molecule has 1 rings (SSSR count). The molecular formula is C14H22BrNO. The summed E-state index contributed by atoms with van der Waals surface area (Å²) in [6, 6.07) is 8.42. The highest BCUT2D eigenvalue weighted by Crippen LogP contribution is 2.10. The van der Waals surface area contributed by atoms with Crippen molar-refractivity contribution in [3.8, 4) is 0 Å². The molecule has 0 atom stereocenters. The summed E-state index contributed by atoms with van der Waals surface area (Å²) < 4.78 is 6.63. The Hall–Kier alpha value is -0.380. The van der Waals surface area contributed by atoms with Crippen LogP contribution in [0.1, 0.15) is 31.7 Å². The van der Waals surface area contributed by atoms with Gasteiger partial charge in [-0.2, -0.15) is 0 Å². The summed E-state index contributed by atoms with van der Waals surface area (Å²) in [7, 11) is 0. The summed E-state index contributed by atoms with van der Waals surface area (Å²) in [6.45, 7) is 5.91. The van der Waals surface area contributed by atoms with Crippen LogP contribution >= 0.6 is 15.9 Å². The first-order chi connectivity index (χ1) is 8.33. The van der Waals surface area contributed by atoms with Gasteiger partial charge in [0.05, 0.1) is 0 Å². The minimum Gasteiger partial charge on any atom is -0.381 e. The van der Waals surface area contributed by atoms with Crippen LogP contribution in [0.5, 0.6) is 0 Å². The number of nitrogens with one attached hydrogen (secondary N) is 1. The number of rotatable bonds is 9. The molecule has 3 heteroatoms. The molecule has 0 amide bonds. The van der Waals surface area contributed by atoms with Gasteiger partial charge in [-0.3, -0.25) is 0 Å². The fourth-order valence-corrected chi connectivity index (χ4v) is 1.75. The second kappa shape index (κ2) is 9.63. The largest absolute Gasteiger partial charge is 0.381 e. The first kappa shape index (κ1) is 14.7. The number of hydrogen-bond acceptors (Lipinski definition) is 2. The second-order valence-corrected chi connectivity index (χ2v) is 5.04. The zero-order chi connectivity index (χ0) is 12.3. The number of hydrogen-bond donors (Lipinski definition) is 1. The summed E-state index contributed by atoms with van der Waals surface area (Å²) in [4.78, 5) is 0. The van der Waals surface area contributed by atoms with Gasteiger partial charge in [0.15, 0.2) is 0 Å². The zero-order valence-electron chi connectivity index (χ0n) is 10.5. The molecule has 1 aromatic rings. The highest BCUT2D eigenvalue weighted by molar-refractivity contribution is 9.10. The smallest absolute Gasteiger partial charge is 0.0478 e. The second-order valence-electron chi connectivity index (χ2n) is 4.12. The van der Waals surface area contributed by atoms with E-state index in [2.05, 4.69) is 52.4 Å². The van der Waals surface area contributed by atoms with E-state index in [4.69, 9.17) is 4.74 Å². The van der Waals surface area contributed by atoms with E-state index in [0.29, 0.717) is 0 Å². The quantitative estimate of drug-likeness (QED) is 0.701. The molecule has 0 aliphatic carbocycles. The van der Waals surface area contributed by atoms with Gasteiger partial charge in [-0.05, 0) is 37.1 Å². The van der Waals surface area contributed by atoms with Gasteiger partial charge in [-0.15, -0.1) is 0 Å². The van der Waals surface area contributed by atoms with Crippen LogP contribution in [-0.4, -0.2) is 19.8 Å². The number of unbranched alkanes of at least 4 members (excludes halogenated alkanes) is 1. The average Bonchev–Trinajstić information content (AvgIpc) is 2.35. The van der Waals surface area contributed by atoms with Crippen LogP contribution in [0.15, 0.2) is 28.7 Å². The topological polar surface area (TPSA) is 21.3 Å². The van der Waals surface area contributed by atoms with Gasteiger partial charge in [0.2, 0.25) is 0 Å². The summed E-state index contributed by atoms with van der Waals surface area (Å²) in [5.41, 5.74) is 1.32. The van der Waals surface area contributed by atoms with Crippen LogP contribution in [0, 0.1) is 0 Å². The molecule has 96 valence electrons. The van der Waals surface area contributed by atoms with Crippen LogP contribution in [0.2, 0.25) is 0 Å². The summed E-state index contributed by atoms with van der Waals surface area (Å²) in [5, 5.41) is 3.42. The summed E-state index contributed by atoms with van der Waals surface area (Å²) >= 11 is 3.43. The average molecular weight is 300 g/mol. The number of benzene rings is 1. The molecule has 0 bridgehead atoms. The third-order valence-electron chi connectivity index (χ3n) is 2.53. The maximum absolute atomic E-state index is 5.50. The standard InChI is InChI=1S/C14H22BrNO/c1-2-3-10-17-11-4-9-16-12-13-5-7-14(15)8-6-13/h5-8,16H,2-4,9-12H2,1H3. The predicted octanol–water partition coefficient (Wildman–Crippen LogP) is 3.75. The lowest BCUT2D eigenvalue weighted by molar-refractivity contribution is 0.129. The van der Waals surface area contributed by atoms with Crippen molar-refractivity contribution >= 4 is 15.9 Å². The molecule has 0 fully saturated rings. The van der Waals surface area contributed by atoms with Crippen LogP contribution in [0.4, 0.5) is 0 Å². The predicted molar refractivity (Wildman–Crippen MR) is 76.2 cm³/mol. The maximum Gasteiger partial charge on any atom is 0.0478 e. The van der Waals surface area contributed by atoms with Gasteiger partial charge in [0.25, 0.3) is 0 Å². The highest BCUT2D eigenvalue weighted by atomic mass is 79.9. The van der Waals surface area contributed by atoms with E-state index >= 15 is 0 Å². The third kappa shape index (κ3) is 7.53. The van der Waals surface area contributed by atoms with E-state index in [1.807, 2.05) is 0 Å². The zero-order valence-corrected chi connectivity index (χ0v) is 12.1. The van der Waals surface area contributed by atoms with E-state index < -0.39 is 0 Å². The fourth-order valence-electron chi connectivity index (χ4n) is 1.48. The Kier molecular flexibility index (Phi) is 8.32. The lowest BCUT2D eigenvalue weighted by Gasteiger charge is -2.06. The van der Waals surface area contributed by atoms with E-state index in [0.717, 1.165) is 37.2 Å². The van der Waals surface area contributed by atoms with Crippen molar-refractivity contribution in [2.45, 2.75) is 32.7 Å². The molecule has 0 aliphatic rings. The Bertz CT molecular complexity index is 287. The number of halogens is 1. The Morgan fingerprint density at radius 1 is 1.12 bits per heavy atom. The first-order valence-electron chi connectivity index (χ1n) is 6.36. The van der Waals surface area contributed by atoms with Crippen molar-refractivity contribution in [3.05, 3.63) is 34.3 Å². The minimum absolute atomic E-state index is 0.868. The molecule has 0 unspecified atom stereocenters. The molecule has 0 saturated carbocycles. The van der Waals surface area contributed by atoms with Gasteiger partial charge >= 0.3 is 0 Å². The van der Waals surface area contributed by atoms with Crippen molar-refractivity contribution in [2.24, 2.45) is 0 Å². The van der Waals surface area contributed by atoms with Crippen LogP contribution in [-0.2, 0) is 11.3 Å². The monoisotopic (exact) mass is 299 g/mol. The Labute approximate surface area is 113 Å². The molecule has 0 saturated heterocycles. The van der Waals surface area contributed by atoms with Crippen molar-refractivity contribution in [2.75, 3.05) is 19.8 Å². The van der Waals surface area contributed by atoms with Crippen molar-refractivity contribution in [3.63, 3.8) is 0 Å². The molecule has 0 heterocycles. The lowest BCUT2D eigenvalue weighted by atomic mass is 10.2. The SMILES string of the molecule is CCCCOCCCNCc1ccc(Br)cc1. The van der Waals surface area contributed by atoms with Gasteiger partial charge in [0.1, 0.15) is 0 Å². The molecule has 17 heavy (non-hydrogen) atoms. The van der Waals surface area contributed by atoms with Crippen LogP contribution in [0.25, 0.3) is 0 Å². The molecule has 0 spiro atoms. The van der Waals surface area contributed by atoms with Gasteiger partial charge < -0.3 is 10.1 Å². The first-order valence-corrected chi connectivity index (χ1v) is 7.15. The maximum atomic E-state index is 5.50. The Morgan fingerprint density at radius 3 is 2.53 bits per heavy atom. The normalized spacial score (nSPS) is 10.7.